The summed E-state index contributed by atoms with van der Waals surface area (Å²) in [5, 5.41) is 4.23. The van der Waals surface area contributed by atoms with Crippen molar-refractivity contribution in [2.24, 2.45) is 0 Å². The number of nitrogen functional groups attached to an aromatic ring is 2. The fourth-order valence-corrected chi connectivity index (χ4v) is 4.40. The van der Waals surface area contributed by atoms with Crippen LogP contribution in [0.5, 0.6) is 17.5 Å². The van der Waals surface area contributed by atoms with Crippen LogP contribution in [0, 0.1) is 6.92 Å². The van der Waals surface area contributed by atoms with E-state index in [-0.39, 0.29) is 24.3 Å². The summed E-state index contributed by atoms with van der Waals surface area (Å²) >= 11 is 1.58. The highest BCUT2D eigenvalue weighted by Gasteiger charge is 2.15. The summed E-state index contributed by atoms with van der Waals surface area (Å²) in [6.45, 7) is 7.81. The molecule has 0 amide bonds. The lowest BCUT2D eigenvalue weighted by molar-refractivity contribution is 0.188. The lowest BCUT2D eigenvalue weighted by atomic mass is 10.2. The van der Waals surface area contributed by atoms with E-state index in [1.165, 1.54) is 6.07 Å². The molecule has 1 aliphatic heterocycles. The number of nitrogens with one attached hydrogen (secondary N) is 1. The lowest BCUT2D eigenvalue weighted by Gasteiger charge is -2.27. The number of nitrogens with zero attached hydrogens (tertiary/aromatic N) is 4. The van der Waals surface area contributed by atoms with Crippen molar-refractivity contribution in [2.45, 2.75) is 13.5 Å². The smallest absolute Gasteiger partial charge is 0.320 e. The Labute approximate surface area is 196 Å². The first-order chi connectivity index (χ1) is 16.0. The lowest BCUT2D eigenvalue weighted by Crippen LogP contribution is -2.44. The number of hydrogen-bond donors (Lipinski definition) is 3. The van der Waals surface area contributed by atoms with Crippen LogP contribution in [0.15, 0.2) is 24.3 Å². The molecule has 10 nitrogen and oxygen atoms in total. The van der Waals surface area contributed by atoms with Crippen molar-refractivity contribution in [3.05, 3.63) is 34.8 Å². The van der Waals surface area contributed by atoms with Crippen LogP contribution >= 0.6 is 11.3 Å². The van der Waals surface area contributed by atoms with E-state index < -0.39 is 0 Å². The van der Waals surface area contributed by atoms with Gasteiger partial charge in [-0.2, -0.15) is 9.97 Å². The maximum absolute atomic E-state index is 6.08. The van der Waals surface area contributed by atoms with Gasteiger partial charge in [0.1, 0.15) is 29.9 Å². The van der Waals surface area contributed by atoms with Crippen molar-refractivity contribution in [3.8, 4) is 28.1 Å². The molecule has 0 aliphatic carbocycles. The first kappa shape index (κ1) is 23.0. The Balaban J connectivity index is 1.44. The summed E-state index contributed by atoms with van der Waals surface area (Å²) in [7, 11) is 1.65. The molecule has 0 saturated carbocycles. The van der Waals surface area contributed by atoms with E-state index in [4.69, 9.17) is 30.7 Å². The van der Waals surface area contributed by atoms with E-state index in [1.54, 1.807) is 18.4 Å². The first-order valence-electron chi connectivity index (χ1n) is 10.7. The molecule has 1 fully saturated rings. The Kier molecular flexibility index (Phi) is 7.43. The minimum atomic E-state index is 0.131. The van der Waals surface area contributed by atoms with Gasteiger partial charge in [0.15, 0.2) is 11.5 Å². The van der Waals surface area contributed by atoms with E-state index in [2.05, 4.69) is 20.2 Å². The van der Waals surface area contributed by atoms with E-state index in [0.29, 0.717) is 18.1 Å². The molecule has 0 spiro atoms. The largest absolute Gasteiger partial charge is 0.493 e. The number of benzene rings is 1. The predicted octanol–water partition coefficient (Wildman–Crippen LogP) is 1.94. The van der Waals surface area contributed by atoms with Gasteiger partial charge in [-0.25, -0.2) is 4.98 Å². The fraction of sp³-hybridized carbons (Fsp3) is 0.409. The van der Waals surface area contributed by atoms with E-state index >= 15 is 0 Å². The van der Waals surface area contributed by atoms with Crippen molar-refractivity contribution in [1.29, 1.82) is 0 Å². The van der Waals surface area contributed by atoms with Crippen molar-refractivity contribution in [1.82, 2.24) is 25.2 Å². The number of aromatic nitrogens is 3. The highest BCUT2D eigenvalue weighted by Crippen LogP contribution is 2.35. The molecular formula is C22H29N7O3S. The average molecular weight is 472 g/mol. The number of ether oxygens (including phenoxy) is 3. The van der Waals surface area contributed by atoms with E-state index in [0.717, 1.165) is 53.9 Å². The van der Waals surface area contributed by atoms with E-state index in [1.807, 2.05) is 25.1 Å². The van der Waals surface area contributed by atoms with Gasteiger partial charge in [0.2, 0.25) is 0 Å². The number of methoxy groups -OCH3 is 1. The molecular weight excluding hydrogens is 442 g/mol. The Morgan fingerprint density at radius 1 is 1.03 bits per heavy atom. The van der Waals surface area contributed by atoms with Gasteiger partial charge in [-0.1, -0.05) is 0 Å². The van der Waals surface area contributed by atoms with Gasteiger partial charge in [0.25, 0.3) is 0 Å². The zero-order chi connectivity index (χ0) is 23.2. The minimum absolute atomic E-state index is 0.131. The Hall–Kier alpha value is -3.15. The Bertz CT molecular complexity index is 1070. The summed E-state index contributed by atoms with van der Waals surface area (Å²) in [5.41, 5.74) is 13.2. The first-order valence-corrected chi connectivity index (χ1v) is 11.6. The Morgan fingerprint density at radius 3 is 2.52 bits per heavy atom. The van der Waals surface area contributed by atoms with Crippen molar-refractivity contribution >= 4 is 23.0 Å². The van der Waals surface area contributed by atoms with Crippen LogP contribution in [0.3, 0.4) is 0 Å². The summed E-state index contributed by atoms with van der Waals surface area (Å²) < 4.78 is 17.2. The topological polar surface area (TPSA) is 134 Å². The molecule has 4 rings (SSSR count). The second-order valence-electron chi connectivity index (χ2n) is 7.62. The highest BCUT2D eigenvalue weighted by atomic mass is 32.1. The minimum Gasteiger partial charge on any atom is -0.493 e. The maximum Gasteiger partial charge on any atom is 0.320 e. The fourth-order valence-electron chi connectivity index (χ4n) is 3.49. The normalized spacial score (nSPS) is 14.2. The van der Waals surface area contributed by atoms with Gasteiger partial charge in [-0.3, -0.25) is 4.90 Å². The van der Waals surface area contributed by atoms with Crippen LogP contribution in [0.1, 0.15) is 10.6 Å². The molecule has 1 aromatic carbocycles. The van der Waals surface area contributed by atoms with Gasteiger partial charge < -0.3 is 31.0 Å². The van der Waals surface area contributed by atoms with Gasteiger partial charge >= 0.3 is 6.01 Å². The number of nitrogens with two attached hydrogens (primary N) is 2. The molecule has 0 bridgehead atoms. The number of rotatable bonds is 9. The molecule has 0 radical (unpaired) electrons. The molecule has 1 saturated heterocycles. The van der Waals surface area contributed by atoms with Crippen LogP contribution in [0.25, 0.3) is 10.6 Å². The quantitative estimate of drug-likeness (QED) is 0.425. The van der Waals surface area contributed by atoms with Gasteiger partial charge in [0.05, 0.1) is 12.8 Å². The average Bonchev–Trinajstić information content (AvgIpc) is 3.18. The third-order valence-corrected chi connectivity index (χ3v) is 6.32. The standard InChI is InChI=1S/C22H29N7O3S/c1-14-16(13-32-22-27-19(23)12-20(24)28-22)26-21(33-14)15-3-4-17(30-2)18(11-15)31-10-9-29-7-5-25-6-8-29/h3-4,11-12,25H,5-10,13H2,1-2H3,(H4,23,24,27,28). The summed E-state index contributed by atoms with van der Waals surface area (Å²) in [5.74, 6) is 1.93. The van der Waals surface area contributed by atoms with Gasteiger partial charge in [0, 0.05) is 49.2 Å². The summed E-state index contributed by atoms with van der Waals surface area (Å²) in [4.78, 5) is 16.3. The summed E-state index contributed by atoms with van der Waals surface area (Å²) in [6.07, 6.45) is 0. The van der Waals surface area contributed by atoms with Gasteiger partial charge in [-0.15, -0.1) is 11.3 Å². The monoisotopic (exact) mass is 471 g/mol. The summed E-state index contributed by atoms with van der Waals surface area (Å²) in [6, 6.07) is 7.47. The second kappa shape index (κ2) is 10.6. The van der Waals surface area contributed by atoms with Crippen LogP contribution < -0.4 is 31.0 Å². The molecule has 1 aliphatic rings. The van der Waals surface area contributed by atoms with Crippen molar-refractivity contribution < 1.29 is 14.2 Å². The molecule has 0 atom stereocenters. The molecule has 0 unspecified atom stereocenters. The van der Waals surface area contributed by atoms with Crippen molar-refractivity contribution in [2.75, 3.05) is 57.9 Å². The van der Waals surface area contributed by atoms with Crippen LogP contribution in [-0.2, 0) is 6.61 Å². The van der Waals surface area contributed by atoms with Crippen LogP contribution in [-0.4, -0.2) is 66.3 Å². The SMILES string of the molecule is COc1ccc(-c2nc(COc3nc(N)cc(N)n3)c(C)s2)cc1OCCN1CCNCC1. The molecule has 3 aromatic rings. The maximum atomic E-state index is 6.08. The highest BCUT2D eigenvalue weighted by molar-refractivity contribution is 7.15. The third-order valence-electron chi connectivity index (χ3n) is 5.26. The second-order valence-corrected chi connectivity index (χ2v) is 8.82. The number of hydrogen-bond acceptors (Lipinski definition) is 11. The number of piperazine rings is 1. The third kappa shape index (κ3) is 6.01. The molecule has 33 heavy (non-hydrogen) atoms. The van der Waals surface area contributed by atoms with E-state index in [9.17, 15) is 0 Å². The number of anilines is 2. The molecule has 2 aromatic heterocycles. The van der Waals surface area contributed by atoms with Gasteiger partial charge in [-0.05, 0) is 25.1 Å². The zero-order valence-corrected chi connectivity index (χ0v) is 19.7. The molecule has 11 heteroatoms. The molecule has 3 heterocycles. The Morgan fingerprint density at radius 2 is 1.79 bits per heavy atom. The number of thiazole rings is 1. The number of aryl methyl sites for hydroxylation is 1. The zero-order valence-electron chi connectivity index (χ0n) is 18.8. The van der Waals surface area contributed by atoms with Crippen molar-refractivity contribution in [3.63, 3.8) is 0 Å². The molecule has 5 N–H and O–H groups in total. The molecule has 176 valence electrons. The van der Waals surface area contributed by atoms with Crippen LogP contribution in [0.4, 0.5) is 11.6 Å². The predicted molar refractivity (Wildman–Crippen MR) is 129 cm³/mol. The van der Waals surface area contributed by atoms with Crippen LogP contribution in [0.2, 0.25) is 0 Å².